The van der Waals surface area contributed by atoms with Crippen LogP contribution in [-0.4, -0.2) is 41.4 Å². The van der Waals surface area contributed by atoms with Crippen molar-refractivity contribution in [3.05, 3.63) is 11.9 Å². The minimum absolute atomic E-state index is 0.500. The van der Waals surface area contributed by atoms with E-state index in [1.807, 2.05) is 0 Å². The summed E-state index contributed by atoms with van der Waals surface area (Å²) < 4.78 is 10.4. The van der Waals surface area contributed by atoms with E-state index in [0.29, 0.717) is 24.8 Å². The lowest BCUT2D eigenvalue weighted by molar-refractivity contribution is 0.00458. The molecule has 0 radical (unpaired) electrons. The highest BCUT2D eigenvalue weighted by molar-refractivity contribution is 5.34. The van der Waals surface area contributed by atoms with Crippen LogP contribution in [0.15, 0.2) is 6.33 Å². The standard InChI is InChI=1S/C14H23N3O3/c1-19-12-11(13(20-2)17-10-16-12)8-15-9-14(18)6-4-3-5-7-14/h10,15,18H,3-9H2,1-2H3. The summed E-state index contributed by atoms with van der Waals surface area (Å²) in [6, 6.07) is 0. The van der Waals surface area contributed by atoms with Crippen molar-refractivity contribution >= 4 is 0 Å². The summed E-state index contributed by atoms with van der Waals surface area (Å²) in [4.78, 5) is 8.15. The third-order valence-corrected chi connectivity index (χ3v) is 3.79. The van der Waals surface area contributed by atoms with E-state index in [1.54, 1.807) is 14.2 Å². The summed E-state index contributed by atoms with van der Waals surface area (Å²) in [5, 5.41) is 13.7. The molecule has 0 saturated heterocycles. The molecule has 20 heavy (non-hydrogen) atoms. The molecule has 6 heteroatoms. The number of aromatic nitrogens is 2. The van der Waals surface area contributed by atoms with Gasteiger partial charge in [-0.1, -0.05) is 19.3 Å². The average Bonchev–Trinajstić information content (AvgIpc) is 2.48. The molecular weight excluding hydrogens is 258 g/mol. The maximum atomic E-state index is 10.4. The Kier molecular flexibility index (Phi) is 5.14. The number of hydrogen-bond donors (Lipinski definition) is 2. The number of aliphatic hydroxyl groups is 1. The zero-order valence-corrected chi connectivity index (χ0v) is 12.2. The van der Waals surface area contributed by atoms with Crippen LogP contribution in [0, 0.1) is 0 Å². The highest BCUT2D eigenvalue weighted by Gasteiger charge is 2.28. The van der Waals surface area contributed by atoms with Crippen LogP contribution in [0.5, 0.6) is 11.8 Å². The van der Waals surface area contributed by atoms with Gasteiger partial charge < -0.3 is 19.9 Å². The van der Waals surface area contributed by atoms with Crippen molar-refractivity contribution < 1.29 is 14.6 Å². The van der Waals surface area contributed by atoms with Gasteiger partial charge in [0.25, 0.3) is 0 Å². The molecule has 2 rings (SSSR count). The monoisotopic (exact) mass is 281 g/mol. The van der Waals surface area contributed by atoms with Gasteiger partial charge in [0.05, 0.1) is 25.4 Å². The Morgan fingerprint density at radius 2 is 1.75 bits per heavy atom. The van der Waals surface area contributed by atoms with E-state index >= 15 is 0 Å². The maximum absolute atomic E-state index is 10.4. The van der Waals surface area contributed by atoms with Crippen LogP contribution in [-0.2, 0) is 6.54 Å². The van der Waals surface area contributed by atoms with Crippen molar-refractivity contribution in [2.45, 2.75) is 44.2 Å². The fourth-order valence-corrected chi connectivity index (χ4v) is 2.69. The van der Waals surface area contributed by atoms with Crippen LogP contribution >= 0.6 is 0 Å². The van der Waals surface area contributed by atoms with E-state index < -0.39 is 5.60 Å². The number of methoxy groups -OCH3 is 2. The van der Waals surface area contributed by atoms with Gasteiger partial charge in [0, 0.05) is 13.1 Å². The Labute approximate surface area is 119 Å². The van der Waals surface area contributed by atoms with E-state index in [4.69, 9.17) is 9.47 Å². The van der Waals surface area contributed by atoms with Crippen LogP contribution in [0.25, 0.3) is 0 Å². The lowest BCUT2D eigenvalue weighted by Crippen LogP contribution is -2.42. The average molecular weight is 281 g/mol. The second kappa shape index (κ2) is 6.85. The van der Waals surface area contributed by atoms with Crippen LogP contribution in [0.4, 0.5) is 0 Å². The summed E-state index contributed by atoms with van der Waals surface area (Å²) in [6.07, 6.45) is 6.55. The molecule has 1 aliphatic carbocycles. The van der Waals surface area contributed by atoms with E-state index in [2.05, 4.69) is 15.3 Å². The van der Waals surface area contributed by atoms with Crippen molar-refractivity contribution in [2.24, 2.45) is 0 Å². The molecule has 0 amide bonds. The number of nitrogens with one attached hydrogen (secondary N) is 1. The van der Waals surface area contributed by atoms with E-state index in [9.17, 15) is 5.11 Å². The minimum Gasteiger partial charge on any atom is -0.481 e. The summed E-state index contributed by atoms with van der Waals surface area (Å²) in [5.41, 5.74) is 0.186. The van der Waals surface area contributed by atoms with Gasteiger partial charge in [-0.15, -0.1) is 0 Å². The quantitative estimate of drug-likeness (QED) is 0.818. The number of nitrogens with zero attached hydrogens (tertiary/aromatic N) is 2. The van der Waals surface area contributed by atoms with Gasteiger partial charge in [-0.25, -0.2) is 9.97 Å². The van der Waals surface area contributed by atoms with E-state index in [0.717, 1.165) is 31.2 Å². The topological polar surface area (TPSA) is 76.5 Å². The van der Waals surface area contributed by atoms with E-state index in [-0.39, 0.29) is 0 Å². The molecule has 1 aromatic heterocycles. The predicted octanol–water partition coefficient (Wildman–Crippen LogP) is 1.28. The van der Waals surface area contributed by atoms with Crippen LogP contribution < -0.4 is 14.8 Å². The molecule has 0 unspecified atom stereocenters. The van der Waals surface area contributed by atoms with Crippen molar-refractivity contribution in [2.75, 3.05) is 20.8 Å². The van der Waals surface area contributed by atoms with Crippen LogP contribution in [0.3, 0.4) is 0 Å². The largest absolute Gasteiger partial charge is 0.481 e. The molecule has 0 aromatic carbocycles. The second-order valence-corrected chi connectivity index (χ2v) is 5.26. The fourth-order valence-electron chi connectivity index (χ4n) is 2.69. The lowest BCUT2D eigenvalue weighted by atomic mass is 9.85. The van der Waals surface area contributed by atoms with Gasteiger partial charge >= 0.3 is 0 Å². The lowest BCUT2D eigenvalue weighted by Gasteiger charge is -2.32. The maximum Gasteiger partial charge on any atom is 0.224 e. The Balaban J connectivity index is 1.96. The fraction of sp³-hybridized carbons (Fsp3) is 0.714. The van der Waals surface area contributed by atoms with Crippen molar-refractivity contribution in [3.8, 4) is 11.8 Å². The van der Waals surface area contributed by atoms with Crippen molar-refractivity contribution in [1.29, 1.82) is 0 Å². The van der Waals surface area contributed by atoms with Gasteiger partial charge in [-0.2, -0.15) is 0 Å². The molecule has 0 spiro atoms. The normalized spacial score (nSPS) is 17.8. The Hall–Kier alpha value is -1.40. The van der Waals surface area contributed by atoms with Crippen molar-refractivity contribution in [1.82, 2.24) is 15.3 Å². The Morgan fingerprint density at radius 1 is 1.15 bits per heavy atom. The van der Waals surface area contributed by atoms with Gasteiger partial charge in [-0.3, -0.25) is 0 Å². The first-order valence-corrected chi connectivity index (χ1v) is 7.03. The summed E-state index contributed by atoms with van der Waals surface area (Å²) in [7, 11) is 3.14. The molecule has 0 bridgehead atoms. The Morgan fingerprint density at radius 3 is 2.30 bits per heavy atom. The summed E-state index contributed by atoms with van der Waals surface area (Å²) in [5.74, 6) is 1.000. The van der Waals surface area contributed by atoms with Crippen LogP contribution in [0.1, 0.15) is 37.7 Å². The highest BCUT2D eigenvalue weighted by Crippen LogP contribution is 2.28. The summed E-state index contributed by atoms with van der Waals surface area (Å²) >= 11 is 0. The molecule has 0 aliphatic heterocycles. The molecule has 1 aliphatic rings. The molecule has 6 nitrogen and oxygen atoms in total. The third-order valence-electron chi connectivity index (χ3n) is 3.79. The number of ether oxygens (including phenoxy) is 2. The molecule has 1 heterocycles. The van der Waals surface area contributed by atoms with Gasteiger partial charge in [-0.05, 0) is 12.8 Å². The first-order chi connectivity index (χ1) is 9.68. The second-order valence-electron chi connectivity index (χ2n) is 5.26. The smallest absolute Gasteiger partial charge is 0.224 e. The van der Waals surface area contributed by atoms with E-state index in [1.165, 1.54) is 12.7 Å². The van der Waals surface area contributed by atoms with Crippen molar-refractivity contribution in [3.63, 3.8) is 0 Å². The number of rotatable bonds is 6. The zero-order chi connectivity index (χ0) is 14.4. The number of hydrogen-bond acceptors (Lipinski definition) is 6. The minimum atomic E-state index is -0.589. The molecule has 0 atom stereocenters. The third kappa shape index (κ3) is 3.58. The molecular formula is C14H23N3O3. The SMILES string of the molecule is COc1ncnc(OC)c1CNCC1(O)CCCCC1. The Bertz CT molecular complexity index is 411. The molecule has 1 aromatic rings. The first-order valence-electron chi connectivity index (χ1n) is 7.03. The molecule has 1 fully saturated rings. The zero-order valence-electron chi connectivity index (χ0n) is 12.2. The molecule has 2 N–H and O–H groups in total. The first kappa shape index (κ1) is 15.0. The highest BCUT2D eigenvalue weighted by atomic mass is 16.5. The summed E-state index contributed by atoms with van der Waals surface area (Å²) in [6.45, 7) is 1.07. The molecule has 112 valence electrons. The van der Waals surface area contributed by atoms with Gasteiger partial charge in [0.2, 0.25) is 11.8 Å². The van der Waals surface area contributed by atoms with Gasteiger partial charge in [0.1, 0.15) is 6.33 Å². The molecule has 1 saturated carbocycles. The predicted molar refractivity (Wildman–Crippen MR) is 74.9 cm³/mol. The van der Waals surface area contributed by atoms with Gasteiger partial charge in [0.15, 0.2) is 0 Å². The van der Waals surface area contributed by atoms with Crippen LogP contribution in [0.2, 0.25) is 0 Å².